The molecule has 0 saturated heterocycles. The zero-order valence-corrected chi connectivity index (χ0v) is 10.1. The molecule has 0 aliphatic rings. The van der Waals surface area contributed by atoms with Crippen molar-refractivity contribution in [3.8, 4) is 0 Å². The number of aliphatic hydroxyl groups is 1. The summed E-state index contributed by atoms with van der Waals surface area (Å²) in [6, 6.07) is -0.735. The summed E-state index contributed by atoms with van der Waals surface area (Å²) in [5.74, 6) is -1.29. The molecule has 0 fully saturated rings. The molecule has 0 heterocycles. The van der Waals surface area contributed by atoms with E-state index < -0.39 is 31.6 Å². The van der Waals surface area contributed by atoms with Gasteiger partial charge in [0.2, 0.25) is 0 Å². The second-order valence-corrected chi connectivity index (χ2v) is 3.95. The monoisotopic (exact) mass is 268 g/mol. The lowest BCUT2D eigenvalue weighted by Gasteiger charge is -2.22. The molecule has 0 rings (SSSR count). The third-order valence-electron chi connectivity index (χ3n) is 2.14. The molecule has 0 aliphatic heterocycles. The quantitative estimate of drug-likeness (QED) is 0.593. The summed E-state index contributed by atoms with van der Waals surface area (Å²) in [6.45, 7) is 0.336. The van der Waals surface area contributed by atoms with Crippen molar-refractivity contribution in [2.75, 3.05) is 26.2 Å². The van der Waals surface area contributed by atoms with E-state index in [0.717, 1.165) is 4.90 Å². The van der Waals surface area contributed by atoms with Gasteiger partial charge < -0.3 is 20.4 Å². The van der Waals surface area contributed by atoms with Crippen LogP contribution in [-0.4, -0.2) is 59.8 Å². The number of carbonyl (C=O) groups is 2. The van der Waals surface area contributed by atoms with Crippen molar-refractivity contribution in [1.82, 2.24) is 10.2 Å². The predicted octanol–water partition coefficient (Wildman–Crippen LogP) is 0.366. The normalized spacial score (nSPS) is 12.3. The molecule has 0 aromatic heterocycles. The van der Waals surface area contributed by atoms with Crippen LogP contribution in [0.2, 0.25) is 0 Å². The summed E-state index contributed by atoms with van der Waals surface area (Å²) in [5.41, 5.74) is 0. The first-order valence-corrected chi connectivity index (χ1v) is 5.50. The molecule has 18 heavy (non-hydrogen) atoms. The Morgan fingerprint density at radius 3 is 2.44 bits per heavy atom. The maximum atomic E-state index is 12.2. The molecular formula is C10H18F2N2O4. The Bertz CT molecular complexity index is 277. The molecular weight excluding hydrogens is 250 g/mol. The maximum Gasteiger partial charge on any atom is 0.317 e. The second kappa shape index (κ2) is 8.62. The van der Waals surface area contributed by atoms with Gasteiger partial charge in [-0.1, -0.05) is 6.92 Å². The van der Waals surface area contributed by atoms with E-state index in [0.29, 0.717) is 0 Å². The molecule has 106 valence electrons. The first-order valence-electron chi connectivity index (χ1n) is 5.50. The highest BCUT2D eigenvalue weighted by atomic mass is 19.3. The number of nitrogens with zero attached hydrogens (tertiary/aromatic N) is 1. The first-order chi connectivity index (χ1) is 8.36. The lowest BCUT2D eigenvalue weighted by Crippen LogP contribution is -2.45. The predicted molar refractivity (Wildman–Crippen MR) is 59.5 cm³/mol. The molecule has 3 N–H and O–H groups in total. The number of rotatable bonds is 8. The summed E-state index contributed by atoms with van der Waals surface area (Å²) in [4.78, 5) is 22.7. The Hall–Kier alpha value is -1.44. The average Bonchev–Trinajstić information content (AvgIpc) is 2.23. The van der Waals surface area contributed by atoms with Crippen LogP contribution in [0.5, 0.6) is 0 Å². The summed E-state index contributed by atoms with van der Waals surface area (Å²) in [7, 11) is 0. The minimum absolute atomic E-state index is 0.0797. The molecule has 0 aromatic carbocycles. The van der Waals surface area contributed by atoms with E-state index in [-0.39, 0.29) is 25.4 Å². The zero-order valence-electron chi connectivity index (χ0n) is 10.1. The fourth-order valence-corrected chi connectivity index (χ4v) is 1.31. The lowest BCUT2D eigenvalue weighted by molar-refractivity contribution is -0.137. The van der Waals surface area contributed by atoms with E-state index in [2.05, 4.69) is 5.32 Å². The highest BCUT2D eigenvalue weighted by Gasteiger charge is 2.18. The largest absolute Gasteiger partial charge is 0.481 e. The molecule has 1 unspecified atom stereocenters. The Labute approximate surface area is 104 Å². The highest BCUT2D eigenvalue weighted by Crippen LogP contribution is 2.02. The van der Waals surface area contributed by atoms with Crippen molar-refractivity contribution < 1.29 is 28.6 Å². The van der Waals surface area contributed by atoms with Crippen LogP contribution in [0.15, 0.2) is 0 Å². The molecule has 0 bridgehead atoms. The van der Waals surface area contributed by atoms with Gasteiger partial charge in [0.15, 0.2) is 0 Å². The van der Waals surface area contributed by atoms with Gasteiger partial charge in [0, 0.05) is 19.5 Å². The van der Waals surface area contributed by atoms with E-state index in [9.17, 15) is 18.4 Å². The molecule has 2 amide bonds. The van der Waals surface area contributed by atoms with Gasteiger partial charge in [0.1, 0.15) is 0 Å². The number of hydrogen-bond acceptors (Lipinski definition) is 3. The van der Waals surface area contributed by atoms with Crippen LogP contribution in [0.1, 0.15) is 13.3 Å². The minimum Gasteiger partial charge on any atom is -0.481 e. The zero-order chi connectivity index (χ0) is 14.1. The number of amides is 2. The van der Waals surface area contributed by atoms with E-state index >= 15 is 0 Å². The average molecular weight is 268 g/mol. The fourth-order valence-electron chi connectivity index (χ4n) is 1.31. The number of aliphatic hydroxyl groups excluding tert-OH is 1. The van der Waals surface area contributed by atoms with Gasteiger partial charge in [-0.05, 0) is 5.92 Å². The van der Waals surface area contributed by atoms with Crippen molar-refractivity contribution >= 4 is 12.0 Å². The Kier molecular flexibility index (Phi) is 7.93. The summed E-state index contributed by atoms with van der Waals surface area (Å²) in [6.07, 6.45) is -2.80. The molecule has 6 nitrogen and oxygen atoms in total. The number of halogens is 2. The Morgan fingerprint density at radius 1 is 1.39 bits per heavy atom. The highest BCUT2D eigenvalue weighted by molar-refractivity contribution is 5.74. The maximum absolute atomic E-state index is 12.2. The van der Waals surface area contributed by atoms with Crippen molar-refractivity contribution in [1.29, 1.82) is 0 Å². The molecule has 0 aliphatic carbocycles. The number of hydrogen-bond donors (Lipinski definition) is 3. The van der Waals surface area contributed by atoms with Gasteiger partial charge >= 0.3 is 12.0 Å². The number of carboxylic acid groups (broad SMARTS) is 1. The molecule has 1 atom stereocenters. The van der Waals surface area contributed by atoms with Gasteiger partial charge in [-0.25, -0.2) is 13.6 Å². The van der Waals surface area contributed by atoms with E-state index in [1.807, 2.05) is 0 Å². The Morgan fingerprint density at radius 2 is 2.00 bits per heavy atom. The SMILES string of the molecule is CC(CNC(=O)N(CCO)CC(F)F)CC(=O)O. The van der Waals surface area contributed by atoms with Crippen LogP contribution in [0.4, 0.5) is 13.6 Å². The van der Waals surface area contributed by atoms with Crippen molar-refractivity contribution in [2.24, 2.45) is 5.92 Å². The van der Waals surface area contributed by atoms with Crippen LogP contribution in [0.3, 0.4) is 0 Å². The number of aliphatic carboxylic acids is 1. The molecule has 0 radical (unpaired) electrons. The van der Waals surface area contributed by atoms with Crippen LogP contribution < -0.4 is 5.32 Å². The van der Waals surface area contributed by atoms with Gasteiger partial charge in [-0.2, -0.15) is 0 Å². The van der Waals surface area contributed by atoms with Gasteiger partial charge in [-0.15, -0.1) is 0 Å². The minimum atomic E-state index is -2.68. The summed E-state index contributed by atoms with van der Waals surface area (Å²) in [5, 5.41) is 19.5. The van der Waals surface area contributed by atoms with Crippen LogP contribution in [0.25, 0.3) is 0 Å². The number of alkyl halides is 2. The summed E-state index contributed by atoms with van der Waals surface area (Å²) < 4.78 is 24.3. The van der Waals surface area contributed by atoms with E-state index in [1.165, 1.54) is 0 Å². The van der Waals surface area contributed by atoms with Crippen molar-refractivity contribution in [3.63, 3.8) is 0 Å². The number of carbonyl (C=O) groups excluding carboxylic acids is 1. The number of nitrogens with one attached hydrogen (secondary N) is 1. The molecule has 0 spiro atoms. The molecule has 0 saturated carbocycles. The number of carboxylic acids is 1. The van der Waals surface area contributed by atoms with Crippen LogP contribution in [0, 0.1) is 5.92 Å². The third kappa shape index (κ3) is 7.77. The molecule has 8 heteroatoms. The topological polar surface area (TPSA) is 89.9 Å². The van der Waals surface area contributed by atoms with E-state index in [1.54, 1.807) is 6.92 Å². The number of urea groups is 1. The summed E-state index contributed by atoms with van der Waals surface area (Å²) >= 11 is 0. The van der Waals surface area contributed by atoms with Crippen molar-refractivity contribution in [2.45, 2.75) is 19.8 Å². The lowest BCUT2D eigenvalue weighted by atomic mass is 10.1. The van der Waals surface area contributed by atoms with Gasteiger partial charge in [0.25, 0.3) is 6.43 Å². The smallest absolute Gasteiger partial charge is 0.317 e. The van der Waals surface area contributed by atoms with Crippen LogP contribution in [-0.2, 0) is 4.79 Å². The van der Waals surface area contributed by atoms with Crippen molar-refractivity contribution in [3.05, 3.63) is 0 Å². The fraction of sp³-hybridized carbons (Fsp3) is 0.800. The Balaban J connectivity index is 4.12. The van der Waals surface area contributed by atoms with Gasteiger partial charge in [-0.3, -0.25) is 4.79 Å². The van der Waals surface area contributed by atoms with Crippen LogP contribution >= 0.6 is 0 Å². The van der Waals surface area contributed by atoms with Gasteiger partial charge in [0.05, 0.1) is 13.2 Å². The standard InChI is InChI=1S/C10H18F2N2O4/c1-7(4-9(16)17)5-13-10(18)14(2-3-15)6-8(11)12/h7-8,15H,2-6H2,1H3,(H,13,18)(H,16,17). The first kappa shape index (κ1) is 16.6. The third-order valence-corrected chi connectivity index (χ3v) is 2.14. The second-order valence-electron chi connectivity index (χ2n) is 3.95. The molecule has 0 aromatic rings. The van der Waals surface area contributed by atoms with E-state index in [4.69, 9.17) is 10.2 Å².